The lowest BCUT2D eigenvalue weighted by molar-refractivity contribution is 0.279. The molecule has 0 amide bonds. The Bertz CT molecular complexity index is 876. The molecule has 1 aromatic rings. The predicted molar refractivity (Wildman–Crippen MR) is 132 cm³/mol. The quantitative estimate of drug-likeness (QED) is 0.206. The minimum absolute atomic E-state index is 0.0106. The fraction of sp³-hybridized carbons (Fsp3) is 0.500. The average molecular weight is 487 g/mol. The normalized spacial score (nSPS) is 13.4. The summed E-state index contributed by atoms with van der Waals surface area (Å²) in [5, 5.41) is 20.7. The van der Waals surface area contributed by atoms with Crippen molar-refractivity contribution in [1.29, 1.82) is 5.41 Å². The molecular formula is C22H34F3N6OP. The van der Waals surface area contributed by atoms with Crippen LogP contribution in [0, 0.1) is 17.0 Å². The maximum atomic E-state index is 14.4. The van der Waals surface area contributed by atoms with Crippen LogP contribution in [0.2, 0.25) is 0 Å². The number of aliphatic hydroxyl groups is 1. The zero-order valence-electron chi connectivity index (χ0n) is 19.6. The molecule has 0 aliphatic carbocycles. The van der Waals surface area contributed by atoms with Crippen LogP contribution in [0.5, 0.6) is 0 Å². The van der Waals surface area contributed by atoms with Crippen LogP contribution in [0.4, 0.5) is 13.2 Å². The highest BCUT2D eigenvalue weighted by atomic mass is 31.0. The Labute approximate surface area is 196 Å². The van der Waals surface area contributed by atoms with Crippen molar-refractivity contribution in [3.05, 3.63) is 41.5 Å². The summed E-state index contributed by atoms with van der Waals surface area (Å²) in [5.74, 6) is -1.29. The summed E-state index contributed by atoms with van der Waals surface area (Å²) in [6, 6.07) is 2.03. The van der Waals surface area contributed by atoms with Crippen molar-refractivity contribution in [2.24, 2.45) is 9.98 Å². The van der Waals surface area contributed by atoms with Gasteiger partial charge in [-0.1, -0.05) is 13.0 Å². The fourth-order valence-electron chi connectivity index (χ4n) is 2.79. The number of nitrogens with zero attached hydrogens (tertiary/aromatic N) is 4. The Morgan fingerprint density at radius 1 is 1.30 bits per heavy atom. The smallest absolute Gasteiger partial charge is 0.203 e. The molecule has 1 aromatic carbocycles. The van der Waals surface area contributed by atoms with Gasteiger partial charge >= 0.3 is 0 Å². The molecule has 2 atom stereocenters. The lowest BCUT2D eigenvalue weighted by Crippen LogP contribution is -2.49. The molecule has 0 aromatic heterocycles. The van der Waals surface area contributed by atoms with Crippen molar-refractivity contribution >= 4 is 32.2 Å². The number of halogens is 3. The first-order valence-electron chi connectivity index (χ1n) is 10.6. The molecule has 0 saturated heterocycles. The topological polar surface area (TPSA) is 87.3 Å². The second-order valence-corrected chi connectivity index (χ2v) is 8.09. The van der Waals surface area contributed by atoms with Crippen molar-refractivity contribution in [3.63, 3.8) is 0 Å². The van der Waals surface area contributed by atoms with Crippen molar-refractivity contribution in [3.8, 4) is 0 Å². The minimum Gasteiger partial charge on any atom is -0.376 e. The molecule has 1 rings (SSSR count). The van der Waals surface area contributed by atoms with E-state index in [0.29, 0.717) is 12.8 Å². The summed E-state index contributed by atoms with van der Waals surface area (Å²) in [7, 11) is 5.51. The second kappa shape index (κ2) is 14.6. The van der Waals surface area contributed by atoms with Crippen LogP contribution in [-0.2, 0) is 6.54 Å². The van der Waals surface area contributed by atoms with Gasteiger partial charge in [0.15, 0.2) is 5.96 Å². The molecule has 0 radical (unpaired) electrons. The molecule has 0 saturated carbocycles. The molecule has 0 aliphatic rings. The molecule has 0 bridgehead atoms. The first kappa shape index (κ1) is 28.6. The number of aliphatic imine (C=N–C) groups is 2. The molecule has 0 fully saturated rings. The fourth-order valence-corrected chi connectivity index (χ4v) is 3.07. The van der Waals surface area contributed by atoms with Crippen molar-refractivity contribution in [2.75, 3.05) is 34.0 Å². The van der Waals surface area contributed by atoms with Crippen LogP contribution in [0.3, 0.4) is 0 Å². The number of nitrogens with one attached hydrogen (secondary N) is 2. The average Bonchev–Trinajstić information content (AvgIpc) is 2.76. The van der Waals surface area contributed by atoms with E-state index in [1.807, 2.05) is 13.8 Å². The third-order valence-electron chi connectivity index (χ3n) is 4.60. The highest BCUT2D eigenvalue weighted by Gasteiger charge is 2.21. The molecule has 33 heavy (non-hydrogen) atoms. The van der Waals surface area contributed by atoms with E-state index in [2.05, 4.69) is 24.5 Å². The Kier molecular flexibility index (Phi) is 12.7. The van der Waals surface area contributed by atoms with Gasteiger partial charge in [-0.3, -0.25) is 19.7 Å². The van der Waals surface area contributed by atoms with Crippen molar-refractivity contribution in [1.82, 2.24) is 15.1 Å². The molecule has 3 N–H and O–H groups in total. The van der Waals surface area contributed by atoms with Crippen molar-refractivity contribution in [2.45, 2.75) is 39.3 Å². The molecule has 0 heterocycles. The van der Waals surface area contributed by atoms with Crippen LogP contribution >= 0.6 is 9.24 Å². The third kappa shape index (κ3) is 9.52. The summed E-state index contributed by atoms with van der Waals surface area (Å²) in [4.78, 5) is 11.7. The first-order chi connectivity index (χ1) is 15.6. The lowest BCUT2D eigenvalue weighted by atomic mass is 10.2. The Morgan fingerprint density at radius 3 is 2.58 bits per heavy atom. The Hall–Kier alpha value is -2.45. The highest BCUT2D eigenvalue weighted by molar-refractivity contribution is 7.27. The molecule has 2 unspecified atom stereocenters. The summed E-state index contributed by atoms with van der Waals surface area (Å²) >= 11 is 0. The van der Waals surface area contributed by atoms with Crippen LogP contribution in [0.1, 0.15) is 32.3 Å². The number of alkyl halides is 1. The summed E-state index contributed by atoms with van der Waals surface area (Å²) in [6.45, 7) is 3.00. The monoisotopic (exact) mass is 486 g/mol. The molecule has 7 nitrogen and oxygen atoms in total. The van der Waals surface area contributed by atoms with E-state index >= 15 is 0 Å². The van der Waals surface area contributed by atoms with Gasteiger partial charge in [0.25, 0.3) is 0 Å². The van der Waals surface area contributed by atoms with Crippen LogP contribution < -0.4 is 10.6 Å². The second-order valence-electron chi connectivity index (χ2n) is 7.47. The zero-order chi connectivity index (χ0) is 25.0. The summed E-state index contributed by atoms with van der Waals surface area (Å²) in [5.41, 5.74) is 0.973. The molecule has 0 aliphatic heterocycles. The number of hydrogen-bond acceptors (Lipinski definition) is 4. The van der Waals surface area contributed by atoms with Gasteiger partial charge in [-0.25, -0.2) is 13.8 Å². The van der Waals surface area contributed by atoms with Gasteiger partial charge in [0.05, 0.1) is 19.8 Å². The molecule has 184 valence electrons. The largest absolute Gasteiger partial charge is 0.376 e. The predicted octanol–water partition coefficient (Wildman–Crippen LogP) is 2.81. The Balaban J connectivity index is 3.17. The van der Waals surface area contributed by atoms with Crippen molar-refractivity contribution < 1.29 is 18.3 Å². The number of allylic oxidation sites excluding steroid dienone is 1. The standard InChI is InChI=1S/C22H34F3N6OP/c1-5-17(29-15(2)8-9-23)7-6-10-27-22(28-14-32)31(21(26)30(3)4)13-16-11-20(33)19(25)12-18(16)24/h6-7,11-12,15,26,32H,5,8-10,13-14,33H2,1-4H3,(H,27,28)/b7-6-,26-21?,29-17?. The summed E-state index contributed by atoms with van der Waals surface area (Å²) in [6.07, 6.45) is 4.60. The SMILES string of the molecule is CCC(/C=C\CN=C(NCO)N(Cc1cc(P)c(F)cc1F)C(=N)N(C)C)=NC(C)CCF. The van der Waals surface area contributed by atoms with Crippen LogP contribution in [-0.4, -0.2) is 72.6 Å². The number of benzene rings is 1. The van der Waals surface area contributed by atoms with Gasteiger partial charge in [0, 0.05) is 42.8 Å². The van der Waals surface area contributed by atoms with Gasteiger partial charge in [0.2, 0.25) is 5.96 Å². The maximum Gasteiger partial charge on any atom is 0.203 e. The summed E-state index contributed by atoms with van der Waals surface area (Å²) < 4.78 is 40.5. The van der Waals surface area contributed by atoms with Gasteiger partial charge in [-0.2, -0.15) is 0 Å². The highest BCUT2D eigenvalue weighted by Crippen LogP contribution is 2.14. The van der Waals surface area contributed by atoms with E-state index in [9.17, 15) is 18.3 Å². The van der Waals surface area contributed by atoms with E-state index in [0.717, 1.165) is 11.8 Å². The number of aliphatic hydroxyl groups excluding tert-OH is 1. The van der Waals surface area contributed by atoms with Gasteiger partial charge in [0.1, 0.15) is 18.4 Å². The molecule has 0 spiro atoms. The molecular weight excluding hydrogens is 452 g/mol. The van der Waals surface area contributed by atoms with E-state index < -0.39 is 25.0 Å². The minimum atomic E-state index is -0.746. The lowest BCUT2D eigenvalue weighted by Gasteiger charge is -2.30. The van der Waals surface area contributed by atoms with Gasteiger partial charge in [-0.05, 0) is 31.9 Å². The van der Waals surface area contributed by atoms with Crippen LogP contribution in [0.25, 0.3) is 0 Å². The third-order valence-corrected chi connectivity index (χ3v) is 5.04. The zero-order valence-corrected chi connectivity index (χ0v) is 20.7. The maximum absolute atomic E-state index is 14.4. The first-order valence-corrected chi connectivity index (χ1v) is 11.2. The van der Waals surface area contributed by atoms with E-state index in [4.69, 9.17) is 5.41 Å². The van der Waals surface area contributed by atoms with E-state index in [-0.39, 0.29) is 41.9 Å². The number of hydrogen-bond donors (Lipinski definition) is 3. The Morgan fingerprint density at radius 2 is 2.00 bits per heavy atom. The van der Waals surface area contributed by atoms with Gasteiger partial charge < -0.3 is 15.3 Å². The number of guanidine groups is 2. The molecule has 11 heteroatoms. The van der Waals surface area contributed by atoms with E-state index in [1.54, 1.807) is 26.2 Å². The van der Waals surface area contributed by atoms with Crippen LogP contribution in [0.15, 0.2) is 34.3 Å². The van der Waals surface area contributed by atoms with E-state index in [1.165, 1.54) is 15.9 Å². The van der Waals surface area contributed by atoms with Gasteiger partial charge in [-0.15, -0.1) is 9.24 Å². The number of rotatable bonds is 10.